The molecule has 8 nitrogen and oxygen atoms in total. The molecule has 1 N–H and O–H groups in total. The molecule has 0 saturated carbocycles. The van der Waals surface area contributed by atoms with Gasteiger partial charge in [0.25, 0.3) is 0 Å². The Bertz CT molecular complexity index is 665. The number of carboxylic acid groups (broad SMARTS) is 1. The van der Waals surface area contributed by atoms with Crippen LogP contribution in [-0.4, -0.2) is 30.5 Å². The predicted molar refractivity (Wildman–Crippen MR) is 69.0 cm³/mol. The summed E-state index contributed by atoms with van der Waals surface area (Å²) in [5.74, 6) is -0.667. The van der Waals surface area contributed by atoms with E-state index in [4.69, 9.17) is 5.11 Å². The van der Waals surface area contributed by atoms with Crippen LogP contribution in [0, 0.1) is 10.1 Å². The van der Waals surface area contributed by atoms with Crippen molar-refractivity contribution in [3.8, 4) is 5.82 Å². The van der Waals surface area contributed by atoms with E-state index in [-0.39, 0.29) is 17.2 Å². The number of rotatable bonds is 5. The standard InChI is InChI=1S/C12H12N4O4/c1-2-3-10-13-6-7-15(10)11-9(16(19)20)5-4-8(14-11)12(17)18/h4-7H,2-3H2,1H3,(H,17,18). The molecular weight excluding hydrogens is 264 g/mol. The van der Waals surface area contributed by atoms with E-state index in [9.17, 15) is 14.9 Å². The van der Waals surface area contributed by atoms with Crippen molar-refractivity contribution in [2.75, 3.05) is 0 Å². The summed E-state index contributed by atoms with van der Waals surface area (Å²) < 4.78 is 1.45. The van der Waals surface area contributed by atoms with Crippen LogP contribution >= 0.6 is 0 Å². The summed E-state index contributed by atoms with van der Waals surface area (Å²) in [4.78, 5) is 29.4. The van der Waals surface area contributed by atoms with Crippen molar-refractivity contribution in [1.82, 2.24) is 14.5 Å². The highest BCUT2D eigenvalue weighted by Crippen LogP contribution is 2.22. The molecule has 20 heavy (non-hydrogen) atoms. The Morgan fingerprint density at radius 3 is 2.85 bits per heavy atom. The minimum atomic E-state index is -1.24. The molecule has 0 atom stereocenters. The van der Waals surface area contributed by atoms with E-state index in [0.717, 1.165) is 18.6 Å². The van der Waals surface area contributed by atoms with E-state index in [1.807, 2.05) is 6.92 Å². The van der Waals surface area contributed by atoms with E-state index in [1.165, 1.54) is 17.0 Å². The van der Waals surface area contributed by atoms with Gasteiger partial charge in [0, 0.05) is 24.9 Å². The van der Waals surface area contributed by atoms with Gasteiger partial charge in [0.1, 0.15) is 5.82 Å². The normalized spacial score (nSPS) is 10.4. The molecule has 2 heterocycles. The molecule has 0 aromatic carbocycles. The minimum Gasteiger partial charge on any atom is -0.477 e. The van der Waals surface area contributed by atoms with Crippen LogP contribution in [0.2, 0.25) is 0 Å². The van der Waals surface area contributed by atoms with Gasteiger partial charge in [0.05, 0.1) is 4.92 Å². The van der Waals surface area contributed by atoms with Crippen molar-refractivity contribution in [3.63, 3.8) is 0 Å². The fourth-order valence-electron chi connectivity index (χ4n) is 1.82. The van der Waals surface area contributed by atoms with Gasteiger partial charge in [-0.2, -0.15) is 0 Å². The summed E-state index contributed by atoms with van der Waals surface area (Å²) in [6.45, 7) is 1.95. The highest BCUT2D eigenvalue weighted by Gasteiger charge is 2.21. The lowest BCUT2D eigenvalue weighted by Crippen LogP contribution is -2.10. The van der Waals surface area contributed by atoms with Gasteiger partial charge in [-0.3, -0.25) is 14.7 Å². The SMILES string of the molecule is CCCc1nccn1-c1nc(C(=O)O)ccc1[N+](=O)[O-]. The molecule has 0 amide bonds. The van der Waals surface area contributed by atoms with E-state index < -0.39 is 10.9 Å². The lowest BCUT2D eigenvalue weighted by atomic mass is 10.3. The smallest absolute Gasteiger partial charge is 0.354 e. The Morgan fingerprint density at radius 1 is 1.50 bits per heavy atom. The van der Waals surface area contributed by atoms with Crippen LogP contribution in [0.3, 0.4) is 0 Å². The van der Waals surface area contributed by atoms with Crippen molar-refractivity contribution in [2.24, 2.45) is 0 Å². The molecule has 0 radical (unpaired) electrons. The maximum absolute atomic E-state index is 11.1. The highest BCUT2D eigenvalue weighted by molar-refractivity contribution is 5.86. The second kappa shape index (κ2) is 5.47. The molecule has 0 bridgehead atoms. The molecule has 0 saturated heterocycles. The molecule has 104 valence electrons. The molecule has 0 aliphatic rings. The lowest BCUT2D eigenvalue weighted by Gasteiger charge is -2.07. The fourth-order valence-corrected chi connectivity index (χ4v) is 1.82. The molecule has 0 aliphatic heterocycles. The number of nitrogens with zero attached hydrogens (tertiary/aromatic N) is 4. The molecule has 0 aliphatic carbocycles. The van der Waals surface area contributed by atoms with Gasteiger partial charge in [0.15, 0.2) is 5.69 Å². The van der Waals surface area contributed by atoms with E-state index >= 15 is 0 Å². The van der Waals surface area contributed by atoms with Crippen LogP contribution in [0.25, 0.3) is 5.82 Å². The topological polar surface area (TPSA) is 111 Å². The minimum absolute atomic E-state index is 0.0316. The first-order valence-corrected chi connectivity index (χ1v) is 5.96. The van der Waals surface area contributed by atoms with E-state index in [2.05, 4.69) is 9.97 Å². The summed E-state index contributed by atoms with van der Waals surface area (Å²) in [5.41, 5.74) is -0.507. The average Bonchev–Trinajstić information content (AvgIpc) is 2.86. The fraction of sp³-hybridized carbons (Fsp3) is 0.250. The van der Waals surface area contributed by atoms with Crippen molar-refractivity contribution >= 4 is 11.7 Å². The van der Waals surface area contributed by atoms with Crippen LogP contribution in [0.4, 0.5) is 5.69 Å². The Labute approximate surface area is 113 Å². The summed E-state index contributed by atoms with van der Waals surface area (Å²) in [7, 11) is 0. The maximum Gasteiger partial charge on any atom is 0.354 e. The molecule has 0 fully saturated rings. The zero-order valence-electron chi connectivity index (χ0n) is 10.7. The number of aromatic carboxylic acids is 1. The molecule has 2 aromatic rings. The number of aryl methyl sites for hydroxylation is 1. The maximum atomic E-state index is 11.1. The van der Waals surface area contributed by atoms with Gasteiger partial charge in [-0.05, 0) is 12.5 Å². The predicted octanol–water partition coefficient (Wildman–Crippen LogP) is 1.83. The quantitative estimate of drug-likeness (QED) is 0.658. The number of aromatic nitrogens is 3. The number of carboxylic acids is 1. The largest absolute Gasteiger partial charge is 0.477 e. The Balaban J connectivity index is 2.63. The highest BCUT2D eigenvalue weighted by atomic mass is 16.6. The number of imidazole rings is 1. The number of pyridine rings is 1. The molecule has 8 heteroatoms. The number of hydrogen-bond acceptors (Lipinski definition) is 5. The van der Waals surface area contributed by atoms with Gasteiger partial charge < -0.3 is 5.11 Å². The second-order valence-corrected chi connectivity index (χ2v) is 4.06. The van der Waals surface area contributed by atoms with Crippen LogP contribution in [0.1, 0.15) is 29.7 Å². The third-order valence-corrected chi connectivity index (χ3v) is 2.69. The third kappa shape index (κ3) is 2.48. The van der Waals surface area contributed by atoms with Crippen LogP contribution in [-0.2, 0) is 6.42 Å². The van der Waals surface area contributed by atoms with Crippen LogP contribution in [0.15, 0.2) is 24.5 Å². The van der Waals surface area contributed by atoms with Gasteiger partial charge in [0.2, 0.25) is 5.82 Å². The second-order valence-electron chi connectivity index (χ2n) is 4.06. The summed E-state index contributed by atoms with van der Waals surface area (Å²) in [6.07, 6.45) is 4.46. The Kier molecular flexibility index (Phi) is 3.74. The third-order valence-electron chi connectivity index (χ3n) is 2.69. The molecular formula is C12H12N4O4. The molecule has 0 unspecified atom stereocenters. The zero-order valence-corrected chi connectivity index (χ0v) is 10.7. The first-order chi connectivity index (χ1) is 9.54. The van der Waals surface area contributed by atoms with Crippen LogP contribution < -0.4 is 0 Å². The molecule has 0 spiro atoms. The summed E-state index contributed by atoms with van der Waals surface area (Å²) in [6, 6.07) is 2.25. The number of nitro groups is 1. The van der Waals surface area contributed by atoms with Crippen molar-refractivity contribution in [1.29, 1.82) is 0 Å². The van der Waals surface area contributed by atoms with Crippen molar-refractivity contribution in [3.05, 3.63) is 46.2 Å². The number of hydrogen-bond donors (Lipinski definition) is 1. The summed E-state index contributed by atoms with van der Waals surface area (Å²) >= 11 is 0. The van der Waals surface area contributed by atoms with E-state index in [0.29, 0.717) is 12.2 Å². The molecule has 2 rings (SSSR count). The Morgan fingerprint density at radius 2 is 2.25 bits per heavy atom. The van der Waals surface area contributed by atoms with Crippen molar-refractivity contribution in [2.45, 2.75) is 19.8 Å². The van der Waals surface area contributed by atoms with Gasteiger partial charge in [-0.25, -0.2) is 14.8 Å². The zero-order chi connectivity index (χ0) is 14.7. The Hall–Kier alpha value is -2.77. The summed E-state index contributed by atoms with van der Waals surface area (Å²) in [5, 5.41) is 20.0. The first kappa shape index (κ1) is 13.7. The monoisotopic (exact) mass is 276 g/mol. The lowest BCUT2D eigenvalue weighted by molar-refractivity contribution is -0.384. The first-order valence-electron chi connectivity index (χ1n) is 5.96. The molecule has 2 aromatic heterocycles. The van der Waals surface area contributed by atoms with Gasteiger partial charge in [-0.15, -0.1) is 0 Å². The van der Waals surface area contributed by atoms with Crippen LogP contribution in [0.5, 0.6) is 0 Å². The number of carbonyl (C=O) groups is 1. The van der Waals surface area contributed by atoms with Gasteiger partial charge >= 0.3 is 11.7 Å². The average molecular weight is 276 g/mol. The van der Waals surface area contributed by atoms with E-state index in [1.54, 1.807) is 0 Å². The van der Waals surface area contributed by atoms with Gasteiger partial charge in [-0.1, -0.05) is 6.92 Å². The van der Waals surface area contributed by atoms with Crippen molar-refractivity contribution < 1.29 is 14.8 Å².